The molecule has 0 aromatic carbocycles. The largest absolute Gasteiger partial charge is 0.432 e. The third kappa shape index (κ3) is 2.52. The van der Waals surface area contributed by atoms with Crippen LogP contribution in [0.4, 0.5) is 6.01 Å². The van der Waals surface area contributed by atoms with Crippen LogP contribution in [0.2, 0.25) is 0 Å². The number of nitrogens with zero attached hydrogens (tertiary/aromatic N) is 2. The average molecular weight is 251 g/mol. The van der Waals surface area contributed by atoms with Crippen molar-refractivity contribution in [2.45, 2.75) is 50.9 Å². The van der Waals surface area contributed by atoms with Crippen molar-refractivity contribution < 1.29 is 9.15 Å². The molecule has 0 bridgehead atoms. The third-order valence-corrected chi connectivity index (χ3v) is 3.82. The van der Waals surface area contributed by atoms with E-state index in [1.165, 1.54) is 12.8 Å². The number of oxazole rings is 1. The zero-order valence-corrected chi connectivity index (χ0v) is 11.1. The lowest BCUT2D eigenvalue weighted by atomic mass is 10.1. The molecular formula is C13H21N3O2. The first-order chi connectivity index (χ1) is 8.74. The van der Waals surface area contributed by atoms with Gasteiger partial charge in [-0.2, -0.15) is 4.98 Å². The van der Waals surface area contributed by atoms with Crippen molar-refractivity contribution >= 4 is 6.01 Å². The van der Waals surface area contributed by atoms with Crippen LogP contribution < -0.4 is 10.2 Å². The lowest BCUT2D eigenvalue weighted by molar-refractivity contribution is 0.117. The van der Waals surface area contributed by atoms with Crippen LogP contribution in [0.3, 0.4) is 0 Å². The molecule has 1 aromatic heterocycles. The van der Waals surface area contributed by atoms with E-state index in [-0.39, 0.29) is 6.10 Å². The molecule has 0 radical (unpaired) electrons. The molecule has 1 aliphatic heterocycles. The van der Waals surface area contributed by atoms with E-state index in [4.69, 9.17) is 9.15 Å². The molecule has 2 aliphatic rings. The molecule has 0 spiro atoms. The maximum absolute atomic E-state index is 5.58. The highest BCUT2D eigenvalue weighted by atomic mass is 16.5. The molecule has 1 N–H and O–H groups in total. The molecule has 2 unspecified atom stereocenters. The zero-order chi connectivity index (χ0) is 12.5. The van der Waals surface area contributed by atoms with E-state index >= 15 is 0 Å². The summed E-state index contributed by atoms with van der Waals surface area (Å²) in [5, 5.41) is 3.44. The van der Waals surface area contributed by atoms with Crippen LogP contribution in [0.5, 0.6) is 0 Å². The molecule has 18 heavy (non-hydrogen) atoms. The molecule has 2 fully saturated rings. The van der Waals surface area contributed by atoms with Crippen molar-refractivity contribution in [2.75, 3.05) is 18.6 Å². The van der Waals surface area contributed by atoms with Crippen molar-refractivity contribution in [3.8, 4) is 0 Å². The molecular weight excluding hydrogens is 230 g/mol. The first-order valence-corrected chi connectivity index (χ1v) is 6.76. The molecule has 2 atom stereocenters. The van der Waals surface area contributed by atoms with Crippen molar-refractivity contribution in [1.82, 2.24) is 10.3 Å². The van der Waals surface area contributed by atoms with Gasteiger partial charge in [-0.3, -0.25) is 0 Å². The molecule has 5 nitrogen and oxygen atoms in total. The fraction of sp³-hybridized carbons (Fsp3) is 0.769. The second-order valence-corrected chi connectivity index (χ2v) is 5.32. The van der Waals surface area contributed by atoms with Gasteiger partial charge in [0.25, 0.3) is 6.01 Å². The Morgan fingerprint density at radius 2 is 2.28 bits per heavy atom. The molecule has 1 aliphatic carbocycles. The van der Waals surface area contributed by atoms with E-state index in [0.29, 0.717) is 18.1 Å². The Hall–Kier alpha value is -1.07. The smallest absolute Gasteiger partial charge is 0.297 e. The first kappa shape index (κ1) is 12.0. The average Bonchev–Trinajstić information content (AvgIpc) is 2.90. The van der Waals surface area contributed by atoms with Gasteiger partial charge in [-0.25, -0.2) is 0 Å². The number of anilines is 1. The van der Waals surface area contributed by atoms with Crippen LogP contribution >= 0.6 is 0 Å². The summed E-state index contributed by atoms with van der Waals surface area (Å²) in [5.74, 6) is 0. The number of hydrogen-bond acceptors (Lipinski definition) is 5. The highest BCUT2D eigenvalue weighted by Gasteiger charge is 2.30. The van der Waals surface area contributed by atoms with Crippen LogP contribution in [-0.4, -0.2) is 36.8 Å². The van der Waals surface area contributed by atoms with E-state index in [1.807, 2.05) is 7.05 Å². The predicted molar refractivity (Wildman–Crippen MR) is 68.6 cm³/mol. The summed E-state index contributed by atoms with van der Waals surface area (Å²) >= 11 is 0. The summed E-state index contributed by atoms with van der Waals surface area (Å²) in [7, 11) is 2.03. The van der Waals surface area contributed by atoms with E-state index < -0.39 is 0 Å². The van der Waals surface area contributed by atoms with Gasteiger partial charge in [0.1, 0.15) is 6.26 Å². The summed E-state index contributed by atoms with van der Waals surface area (Å²) in [4.78, 5) is 6.63. The highest BCUT2D eigenvalue weighted by molar-refractivity contribution is 5.28. The maximum Gasteiger partial charge on any atom is 0.297 e. The van der Waals surface area contributed by atoms with Crippen LogP contribution in [0.15, 0.2) is 10.7 Å². The number of hydrogen-bond donors (Lipinski definition) is 1. The summed E-state index contributed by atoms with van der Waals surface area (Å²) in [6, 6.07) is 1.77. The lowest BCUT2D eigenvalue weighted by Crippen LogP contribution is -2.36. The molecule has 0 amide bonds. The van der Waals surface area contributed by atoms with Crippen molar-refractivity contribution in [3.05, 3.63) is 12.0 Å². The van der Waals surface area contributed by atoms with Crippen molar-refractivity contribution in [3.63, 3.8) is 0 Å². The number of rotatable bonds is 5. The van der Waals surface area contributed by atoms with E-state index in [2.05, 4.69) is 22.1 Å². The molecule has 2 heterocycles. The number of likely N-dealkylation sites (N-methyl/N-ethyl adjacent to an activating group) is 1. The highest BCUT2D eigenvalue weighted by Crippen LogP contribution is 2.24. The summed E-state index contributed by atoms with van der Waals surface area (Å²) in [6.45, 7) is 3.73. The van der Waals surface area contributed by atoms with Crippen LogP contribution in [0, 0.1) is 0 Å². The molecule has 5 heteroatoms. The van der Waals surface area contributed by atoms with Gasteiger partial charge >= 0.3 is 0 Å². The van der Waals surface area contributed by atoms with Crippen molar-refractivity contribution in [1.29, 1.82) is 0 Å². The van der Waals surface area contributed by atoms with E-state index in [0.717, 1.165) is 25.3 Å². The first-order valence-electron chi connectivity index (χ1n) is 6.76. The summed E-state index contributed by atoms with van der Waals surface area (Å²) < 4.78 is 11.1. The van der Waals surface area contributed by atoms with Crippen LogP contribution in [0.25, 0.3) is 0 Å². The Labute approximate surface area is 108 Å². The minimum atomic E-state index is 0.245. The number of nitrogens with one attached hydrogen (secondary N) is 1. The van der Waals surface area contributed by atoms with Gasteiger partial charge in [0.15, 0.2) is 0 Å². The second-order valence-electron chi connectivity index (χ2n) is 5.32. The monoisotopic (exact) mass is 251 g/mol. The Morgan fingerprint density at radius 1 is 1.44 bits per heavy atom. The Kier molecular flexibility index (Phi) is 3.26. The molecule has 100 valence electrons. The van der Waals surface area contributed by atoms with Gasteiger partial charge in [0.2, 0.25) is 0 Å². The SMILES string of the molecule is CC1OCCC1N(C)c1nc(CNC2CC2)co1. The lowest BCUT2D eigenvalue weighted by Gasteiger charge is -2.24. The third-order valence-electron chi connectivity index (χ3n) is 3.82. The fourth-order valence-electron chi connectivity index (χ4n) is 2.45. The standard InChI is InChI=1S/C13H21N3O2/c1-9-12(5-6-17-9)16(2)13-15-11(8-18-13)7-14-10-3-4-10/h8-10,12,14H,3-7H2,1-2H3. The van der Waals surface area contributed by atoms with Gasteiger partial charge in [0, 0.05) is 26.2 Å². The minimum Gasteiger partial charge on any atom is -0.432 e. The zero-order valence-electron chi connectivity index (χ0n) is 11.1. The topological polar surface area (TPSA) is 50.5 Å². The quantitative estimate of drug-likeness (QED) is 0.860. The van der Waals surface area contributed by atoms with Gasteiger partial charge in [-0.05, 0) is 26.2 Å². The maximum atomic E-state index is 5.58. The molecule has 3 rings (SSSR count). The Morgan fingerprint density at radius 3 is 2.94 bits per heavy atom. The predicted octanol–water partition coefficient (Wildman–Crippen LogP) is 1.54. The van der Waals surface area contributed by atoms with Crippen molar-refractivity contribution in [2.24, 2.45) is 0 Å². The van der Waals surface area contributed by atoms with E-state index in [9.17, 15) is 0 Å². The fourth-order valence-corrected chi connectivity index (χ4v) is 2.45. The molecule has 1 aromatic rings. The Balaban J connectivity index is 1.60. The minimum absolute atomic E-state index is 0.245. The van der Waals surface area contributed by atoms with Gasteiger partial charge < -0.3 is 19.4 Å². The molecule has 1 saturated carbocycles. The summed E-state index contributed by atoms with van der Waals surface area (Å²) in [6.07, 6.45) is 5.62. The normalized spacial score (nSPS) is 27.7. The Bertz CT molecular complexity index is 403. The van der Waals surface area contributed by atoms with Gasteiger partial charge in [0.05, 0.1) is 17.8 Å². The van der Waals surface area contributed by atoms with Gasteiger partial charge in [-0.1, -0.05) is 0 Å². The van der Waals surface area contributed by atoms with Crippen LogP contribution in [-0.2, 0) is 11.3 Å². The van der Waals surface area contributed by atoms with Gasteiger partial charge in [-0.15, -0.1) is 0 Å². The molecule has 1 saturated heterocycles. The second kappa shape index (κ2) is 4.90. The van der Waals surface area contributed by atoms with E-state index in [1.54, 1.807) is 6.26 Å². The summed E-state index contributed by atoms with van der Waals surface area (Å²) in [5.41, 5.74) is 0.982. The number of aromatic nitrogens is 1. The number of ether oxygens (including phenoxy) is 1. The van der Waals surface area contributed by atoms with Crippen LogP contribution in [0.1, 0.15) is 31.9 Å².